The van der Waals surface area contributed by atoms with Crippen LogP contribution in [0.1, 0.15) is 50.4 Å². The van der Waals surface area contributed by atoms with Crippen LogP contribution < -0.4 is 5.32 Å². The quantitative estimate of drug-likeness (QED) is 0.753. The Morgan fingerprint density at radius 2 is 2.04 bits per heavy atom. The maximum atomic E-state index is 13.3. The van der Waals surface area contributed by atoms with Crippen LogP contribution in [0.15, 0.2) is 29.2 Å². The lowest BCUT2D eigenvalue weighted by Crippen LogP contribution is -2.37. The maximum Gasteiger partial charge on any atom is 0.251 e. The van der Waals surface area contributed by atoms with E-state index in [4.69, 9.17) is 4.74 Å². The number of hydrogen-bond acceptors (Lipinski definition) is 4. The summed E-state index contributed by atoms with van der Waals surface area (Å²) < 4.78 is 33.3. The summed E-state index contributed by atoms with van der Waals surface area (Å²) in [5, 5.41) is 2.73. The van der Waals surface area contributed by atoms with Crippen molar-refractivity contribution in [1.29, 1.82) is 0 Å². The molecule has 2 fully saturated rings. The van der Waals surface area contributed by atoms with E-state index in [1.807, 2.05) is 0 Å². The molecule has 27 heavy (non-hydrogen) atoms. The van der Waals surface area contributed by atoms with Crippen molar-refractivity contribution in [1.82, 2.24) is 9.62 Å². The van der Waals surface area contributed by atoms with E-state index in [-0.39, 0.29) is 27.7 Å². The van der Waals surface area contributed by atoms with E-state index in [1.165, 1.54) is 6.07 Å². The lowest BCUT2D eigenvalue weighted by atomic mass is 9.65. The van der Waals surface area contributed by atoms with Gasteiger partial charge in [0.15, 0.2) is 0 Å². The van der Waals surface area contributed by atoms with E-state index in [0.29, 0.717) is 25.3 Å². The Morgan fingerprint density at radius 3 is 2.74 bits per heavy atom. The second-order valence-corrected chi connectivity index (χ2v) is 10.9. The second kappa shape index (κ2) is 7.18. The highest BCUT2D eigenvalue weighted by molar-refractivity contribution is 7.89. The van der Waals surface area contributed by atoms with Crippen molar-refractivity contribution in [3.8, 4) is 0 Å². The number of sulfonamides is 1. The zero-order valence-corrected chi connectivity index (χ0v) is 17.4. The van der Waals surface area contributed by atoms with Crippen molar-refractivity contribution in [2.75, 3.05) is 26.8 Å². The molecule has 1 aromatic carbocycles. The minimum atomic E-state index is -3.63. The predicted octanol–water partition coefficient (Wildman–Crippen LogP) is 2.65. The van der Waals surface area contributed by atoms with E-state index in [9.17, 15) is 13.2 Å². The van der Waals surface area contributed by atoms with Gasteiger partial charge in [0.25, 0.3) is 5.91 Å². The third-order valence-electron chi connectivity index (χ3n) is 5.66. The molecule has 2 atom stereocenters. The smallest absolute Gasteiger partial charge is 0.251 e. The normalized spacial score (nSPS) is 27.5. The van der Waals surface area contributed by atoms with Gasteiger partial charge in [0.05, 0.1) is 11.5 Å². The number of methoxy groups -OCH3 is 1. The first kappa shape index (κ1) is 20.3. The van der Waals surface area contributed by atoms with Crippen molar-refractivity contribution in [3.63, 3.8) is 0 Å². The van der Waals surface area contributed by atoms with Gasteiger partial charge in [-0.05, 0) is 48.3 Å². The molecule has 0 spiro atoms. The van der Waals surface area contributed by atoms with Gasteiger partial charge < -0.3 is 10.1 Å². The zero-order chi connectivity index (χ0) is 19.9. The number of nitrogens with zero attached hydrogens (tertiary/aromatic N) is 1. The van der Waals surface area contributed by atoms with E-state index in [2.05, 4.69) is 26.1 Å². The molecule has 1 saturated heterocycles. The number of fused-ring (bicyclic) bond motifs is 2. The Kier molecular flexibility index (Phi) is 5.40. The second-order valence-electron chi connectivity index (χ2n) is 9.04. The zero-order valence-electron chi connectivity index (χ0n) is 16.6. The number of nitrogens with one attached hydrogen (secondary N) is 1. The van der Waals surface area contributed by atoms with Crippen LogP contribution >= 0.6 is 0 Å². The number of amides is 1. The molecule has 1 aromatic rings. The fourth-order valence-corrected chi connectivity index (χ4v) is 6.81. The monoisotopic (exact) mass is 394 g/mol. The van der Waals surface area contributed by atoms with Crippen molar-refractivity contribution >= 4 is 15.9 Å². The summed E-state index contributed by atoms with van der Waals surface area (Å²) in [6.07, 6.45) is 2.82. The van der Waals surface area contributed by atoms with Gasteiger partial charge in [-0.2, -0.15) is 4.31 Å². The molecule has 6 nitrogen and oxygen atoms in total. The predicted molar refractivity (Wildman–Crippen MR) is 104 cm³/mol. The summed E-state index contributed by atoms with van der Waals surface area (Å²) >= 11 is 0. The Morgan fingerprint density at radius 1 is 1.30 bits per heavy atom. The maximum absolute atomic E-state index is 13.3. The lowest BCUT2D eigenvalue weighted by molar-refractivity contribution is 0.0937. The summed E-state index contributed by atoms with van der Waals surface area (Å²) in [5.74, 6) is -0.294. The fraction of sp³-hybridized carbons (Fsp3) is 0.650. The van der Waals surface area contributed by atoms with Crippen molar-refractivity contribution in [2.24, 2.45) is 10.8 Å². The van der Waals surface area contributed by atoms with Crippen LogP contribution in [0.25, 0.3) is 0 Å². The van der Waals surface area contributed by atoms with Crippen LogP contribution in [0.3, 0.4) is 0 Å². The SMILES string of the molecule is COCCNC(=O)c1cccc(S(=O)(=O)N2C[C@@]3(C)C[C@@H]2CC(C)(C)C3)c1. The molecule has 0 unspecified atom stereocenters. The number of benzene rings is 1. The Hall–Kier alpha value is -1.44. The number of carbonyl (C=O) groups is 1. The average Bonchev–Trinajstić information content (AvgIpc) is 2.84. The largest absolute Gasteiger partial charge is 0.383 e. The fourth-order valence-electron chi connectivity index (χ4n) is 4.99. The molecule has 2 aliphatic rings. The van der Waals surface area contributed by atoms with E-state index >= 15 is 0 Å². The highest BCUT2D eigenvalue weighted by Gasteiger charge is 2.53. The Bertz CT molecular complexity index is 821. The molecule has 150 valence electrons. The molecule has 1 aliphatic carbocycles. The summed E-state index contributed by atoms with van der Waals surface area (Å²) in [6.45, 7) is 7.97. The van der Waals surface area contributed by atoms with Crippen LogP contribution in [0.5, 0.6) is 0 Å². The van der Waals surface area contributed by atoms with Crippen LogP contribution in [-0.4, -0.2) is 51.5 Å². The van der Waals surface area contributed by atoms with Crippen molar-refractivity contribution < 1.29 is 17.9 Å². The van der Waals surface area contributed by atoms with Gasteiger partial charge >= 0.3 is 0 Å². The third-order valence-corrected chi connectivity index (χ3v) is 7.56. The Balaban J connectivity index is 1.84. The van der Waals surface area contributed by atoms with Gasteiger partial charge in [0.1, 0.15) is 0 Å². The van der Waals surface area contributed by atoms with Gasteiger partial charge in [0, 0.05) is 31.8 Å². The van der Waals surface area contributed by atoms with Crippen LogP contribution in [-0.2, 0) is 14.8 Å². The van der Waals surface area contributed by atoms with Crippen molar-refractivity contribution in [3.05, 3.63) is 29.8 Å². The minimum Gasteiger partial charge on any atom is -0.383 e. The molecule has 1 heterocycles. The standard InChI is InChI=1S/C20H30N2O4S/c1-19(2)11-16-12-20(3,13-19)14-22(16)27(24,25)17-7-5-6-15(10-17)18(23)21-8-9-26-4/h5-7,10,16H,8-9,11-14H2,1-4H3,(H,21,23)/t16-,20-/m0/s1. The minimum absolute atomic E-state index is 0.0224. The number of carbonyl (C=O) groups excluding carboxylic acids is 1. The highest BCUT2D eigenvalue weighted by atomic mass is 32.2. The molecule has 0 aromatic heterocycles. The third kappa shape index (κ3) is 4.20. The molecule has 3 rings (SSSR count). The number of rotatable bonds is 6. The summed E-state index contributed by atoms with van der Waals surface area (Å²) in [4.78, 5) is 12.5. The van der Waals surface area contributed by atoms with Gasteiger partial charge in [-0.15, -0.1) is 0 Å². The topological polar surface area (TPSA) is 75.7 Å². The summed E-state index contributed by atoms with van der Waals surface area (Å²) in [7, 11) is -2.07. The molecule has 1 amide bonds. The van der Waals surface area contributed by atoms with Gasteiger partial charge in [-0.1, -0.05) is 26.8 Å². The number of hydrogen-bond donors (Lipinski definition) is 1. The van der Waals surface area contributed by atoms with E-state index < -0.39 is 10.0 Å². The highest BCUT2D eigenvalue weighted by Crippen LogP contribution is 2.53. The molecule has 0 radical (unpaired) electrons. The Labute approximate surface area is 162 Å². The van der Waals surface area contributed by atoms with E-state index in [0.717, 1.165) is 19.3 Å². The molecular formula is C20H30N2O4S. The first-order valence-corrected chi connectivity index (χ1v) is 10.9. The number of ether oxygens (including phenoxy) is 1. The molecular weight excluding hydrogens is 364 g/mol. The summed E-state index contributed by atoms with van der Waals surface area (Å²) in [6, 6.07) is 6.35. The van der Waals surface area contributed by atoms with Crippen LogP contribution in [0.4, 0.5) is 0 Å². The molecule has 1 N–H and O–H groups in total. The lowest BCUT2D eigenvalue weighted by Gasteiger charge is -2.39. The first-order valence-electron chi connectivity index (χ1n) is 9.45. The van der Waals surface area contributed by atoms with Gasteiger partial charge in [0.2, 0.25) is 10.0 Å². The average molecular weight is 395 g/mol. The molecule has 2 bridgehead atoms. The van der Waals surface area contributed by atoms with Crippen LogP contribution in [0.2, 0.25) is 0 Å². The van der Waals surface area contributed by atoms with Crippen molar-refractivity contribution in [2.45, 2.75) is 51.0 Å². The van der Waals surface area contributed by atoms with Gasteiger partial charge in [-0.3, -0.25) is 4.79 Å². The molecule has 7 heteroatoms. The van der Waals surface area contributed by atoms with Crippen LogP contribution in [0, 0.1) is 10.8 Å². The molecule has 1 aliphatic heterocycles. The van der Waals surface area contributed by atoms with E-state index in [1.54, 1.807) is 29.6 Å². The molecule has 1 saturated carbocycles. The summed E-state index contributed by atoms with van der Waals surface area (Å²) in [5.41, 5.74) is 0.514. The first-order chi connectivity index (χ1) is 12.6. The van der Waals surface area contributed by atoms with Gasteiger partial charge in [-0.25, -0.2) is 8.42 Å².